The molecule has 2 nitrogen and oxygen atoms in total. The largest absolute Gasteiger partial charge is 0.471 e. The Bertz CT molecular complexity index is 680. The first-order chi connectivity index (χ1) is 9.33. The van der Waals surface area contributed by atoms with Crippen molar-refractivity contribution in [1.82, 2.24) is 0 Å². The van der Waals surface area contributed by atoms with Crippen molar-refractivity contribution in [1.29, 1.82) is 0 Å². The van der Waals surface area contributed by atoms with Gasteiger partial charge >= 0.3 is 0 Å². The Kier molecular flexibility index (Phi) is 2.62. The van der Waals surface area contributed by atoms with Gasteiger partial charge in [-0.15, -0.1) is 0 Å². The third-order valence-electron chi connectivity index (χ3n) is 3.77. The van der Waals surface area contributed by atoms with Gasteiger partial charge in [-0.1, -0.05) is 36.4 Å². The van der Waals surface area contributed by atoms with E-state index >= 15 is 0 Å². The summed E-state index contributed by atoms with van der Waals surface area (Å²) in [6, 6.07) is 16.9. The first kappa shape index (κ1) is 11.5. The molecule has 0 N–H and O–H groups in total. The van der Waals surface area contributed by atoms with Crippen LogP contribution < -0.4 is 0 Å². The van der Waals surface area contributed by atoms with Gasteiger partial charge in [-0.3, -0.25) is 0 Å². The average Bonchev–Trinajstić information content (AvgIpc) is 2.96. The smallest absolute Gasteiger partial charge is 0.218 e. The molecule has 1 aliphatic carbocycles. The number of ether oxygens (including phenoxy) is 1. The SMILES string of the molecule is Ic1ccccc1C1=N[C@H]2c3ccccc3C[C@H]2O1. The van der Waals surface area contributed by atoms with Gasteiger partial charge < -0.3 is 4.74 Å². The van der Waals surface area contributed by atoms with Crippen molar-refractivity contribution in [2.75, 3.05) is 0 Å². The Morgan fingerprint density at radius 1 is 1.05 bits per heavy atom. The normalized spacial score (nSPS) is 23.5. The molecule has 4 rings (SSSR count). The van der Waals surface area contributed by atoms with E-state index in [-0.39, 0.29) is 12.1 Å². The number of aliphatic imine (C=N–C) groups is 1. The lowest BCUT2D eigenvalue weighted by atomic mass is 10.1. The molecule has 1 aliphatic heterocycles. The molecule has 0 radical (unpaired) electrons. The fourth-order valence-corrected chi connectivity index (χ4v) is 3.48. The predicted molar refractivity (Wildman–Crippen MR) is 83.5 cm³/mol. The maximum atomic E-state index is 6.08. The van der Waals surface area contributed by atoms with Crippen LogP contribution in [0.5, 0.6) is 0 Å². The standard InChI is InChI=1S/C16H12INO/c17-13-8-4-3-7-12(13)16-18-15-11-6-2-1-5-10(11)9-14(15)19-16/h1-8,14-15H,9H2/t14-,15+/m1/s1. The van der Waals surface area contributed by atoms with Gasteiger partial charge in [-0.05, 0) is 45.9 Å². The summed E-state index contributed by atoms with van der Waals surface area (Å²) in [7, 11) is 0. The fourth-order valence-electron chi connectivity index (χ4n) is 2.86. The van der Waals surface area contributed by atoms with Crippen molar-refractivity contribution in [3.8, 4) is 0 Å². The molecule has 1 heterocycles. The minimum Gasteiger partial charge on any atom is -0.471 e. The summed E-state index contributed by atoms with van der Waals surface area (Å²) in [4.78, 5) is 4.81. The van der Waals surface area contributed by atoms with E-state index in [1.807, 2.05) is 12.1 Å². The third kappa shape index (κ3) is 1.79. The van der Waals surface area contributed by atoms with Crippen molar-refractivity contribution >= 4 is 28.5 Å². The third-order valence-corrected chi connectivity index (χ3v) is 4.71. The van der Waals surface area contributed by atoms with Crippen LogP contribution >= 0.6 is 22.6 Å². The number of hydrogen-bond donors (Lipinski definition) is 0. The van der Waals surface area contributed by atoms with Gasteiger partial charge in [-0.25, -0.2) is 4.99 Å². The maximum Gasteiger partial charge on any atom is 0.218 e. The molecule has 2 atom stereocenters. The molecule has 94 valence electrons. The quantitative estimate of drug-likeness (QED) is 0.710. The van der Waals surface area contributed by atoms with Crippen LogP contribution in [-0.4, -0.2) is 12.0 Å². The number of nitrogens with zero attached hydrogens (tertiary/aromatic N) is 1. The predicted octanol–water partition coefficient (Wildman–Crippen LogP) is 3.73. The molecular weight excluding hydrogens is 349 g/mol. The maximum absolute atomic E-state index is 6.08. The van der Waals surface area contributed by atoms with Crippen LogP contribution in [0.25, 0.3) is 0 Å². The highest BCUT2D eigenvalue weighted by Gasteiger charge is 2.39. The van der Waals surface area contributed by atoms with Gasteiger partial charge in [0, 0.05) is 15.6 Å². The average molecular weight is 361 g/mol. The van der Waals surface area contributed by atoms with Crippen molar-refractivity contribution < 1.29 is 4.74 Å². The highest BCUT2D eigenvalue weighted by Crippen LogP contribution is 2.40. The van der Waals surface area contributed by atoms with Gasteiger partial charge in [0.2, 0.25) is 5.90 Å². The molecule has 3 heteroatoms. The number of halogens is 1. The molecule has 0 amide bonds. The van der Waals surface area contributed by atoms with E-state index in [1.54, 1.807) is 0 Å². The van der Waals surface area contributed by atoms with E-state index in [9.17, 15) is 0 Å². The van der Waals surface area contributed by atoms with E-state index in [0.717, 1.165) is 17.9 Å². The Morgan fingerprint density at radius 2 is 1.84 bits per heavy atom. The Morgan fingerprint density at radius 3 is 2.74 bits per heavy atom. The number of hydrogen-bond acceptors (Lipinski definition) is 2. The topological polar surface area (TPSA) is 21.6 Å². The van der Waals surface area contributed by atoms with Gasteiger partial charge in [0.25, 0.3) is 0 Å². The van der Waals surface area contributed by atoms with Gasteiger partial charge in [-0.2, -0.15) is 0 Å². The Hall–Kier alpha value is -1.36. The van der Waals surface area contributed by atoms with Crippen LogP contribution in [0, 0.1) is 3.57 Å². The van der Waals surface area contributed by atoms with Crippen LogP contribution in [0.15, 0.2) is 53.5 Å². The first-order valence-electron chi connectivity index (χ1n) is 6.40. The highest BCUT2D eigenvalue weighted by molar-refractivity contribution is 14.1. The number of benzene rings is 2. The summed E-state index contributed by atoms with van der Waals surface area (Å²) >= 11 is 2.33. The Labute approximate surface area is 125 Å². The molecule has 2 aliphatic rings. The molecule has 0 fully saturated rings. The summed E-state index contributed by atoms with van der Waals surface area (Å²) in [5, 5.41) is 0. The molecule has 2 aromatic carbocycles. The summed E-state index contributed by atoms with van der Waals surface area (Å²) in [6.07, 6.45) is 1.15. The van der Waals surface area contributed by atoms with Gasteiger partial charge in [0.15, 0.2) is 0 Å². The van der Waals surface area contributed by atoms with Crippen LogP contribution in [-0.2, 0) is 11.2 Å². The molecule has 0 spiro atoms. The zero-order valence-electron chi connectivity index (χ0n) is 10.2. The fraction of sp³-hybridized carbons (Fsp3) is 0.188. The van der Waals surface area contributed by atoms with Crippen LogP contribution in [0.2, 0.25) is 0 Å². The van der Waals surface area contributed by atoms with Crippen LogP contribution in [0.1, 0.15) is 22.7 Å². The van der Waals surface area contributed by atoms with E-state index in [1.165, 1.54) is 14.7 Å². The number of fused-ring (bicyclic) bond motifs is 3. The summed E-state index contributed by atoms with van der Waals surface area (Å²) in [6.45, 7) is 0. The minimum atomic E-state index is 0.183. The lowest BCUT2D eigenvalue weighted by Gasteiger charge is -2.09. The molecule has 0 bridgehead atoms. The summed E-state index contributed by atoms with van der Waals surface area (Å²) < 4.78 is 7.27. The van der Waals surface area contributed by atoms with Crippen molar-refractivity contribution in [2.45, 2.75) is 18.6 Å². The lowest BCUT2D eigenvalue weighted by Crippen LogP contribution is -2.14. The Balaban J connectivity index is 1.75. The van der Waals surface area contributed by atoms with Crippen molar-refractivity contribution in [3.05, 3.63) is 68.8 Å². The number of rotatable bonds is 1. The van der Waals surface area contributed by atoms with Crippen LogP contribution in [0.3, 0.4) is 0 Å². The molecule has 0 saturated heterocycles. The summed E-state index contributed by atoms with van der Waals surface area (Å²) in [5.74, 6) is 0.800. The molecule has 0 saturated carbocycles. The van der Waals surface area contributed by atoms with Gasteiger partial charge in [0.1, 0.15) is 12.1 Å². The van der Waals surface area contributed by atoms with Crippen molar-refractivity contribution in [3.63, 3.8) is 0 Å². The molecular formula is C16H12INO. The molecule has 0 aromatic heterocycles. The van der Waals surface area contributed by atoms with E-state index in [0.29, 0.717) is 0 Å². The van der Waals surface area contributed by atoms with E-state index in [2.05, 4.69) is 59.0 Å². The summed E-state index contributed by atoms with van der Waals surface area (Å²) in [5.41, 5.74) is 3.81. The lowest BCUT2D eigenvalue weighted by molar-refractivity contribution is 0.206. The van der Waals surface area contributed by atoms with E-state index in [4.69, 9.17) is 9.73 Å². The minimum absolute atomic E-state index is 0.183. The zero-order chi connectivity index (χ0) is 12.8. The highest BCUT2D eigenvalue weighted by atomic mass is 127. The first-order valence-corrected chi connectivity index (χ1v) is 7.48. The molecule has 0 unspecified atom stereocenters. The van der Waals surface area contributed by atoms with Crippen molar-refractivity contribution in [2.24, 2.45) is 4.99 Å². The second-order valence-corrected chi connectivity index (χ2v) is 6.08. The monoisotopic (exact) mass is 361 g/mol. The second-order valence-electron chi connectivity index (χ2n) is 4.92. The van der Waals surface area contributed by atoms with E-state index < -0.39 is 0 Å². The van der Waals surface area contributed by atoms with Gasteiger partial charge in [0.05, 0.1) is 0 Å². The van der Waals surface area contributed by atoms with Crippen LogP contribution in [0.4, 0.5) is 0 Å². The second kappa shape index (κ2) is 4.34. The molecule has 19 heavy (non-hydrogen) atoms. The zero-order valence-corrected chi connectivity index (χ0v) is 12.4. The molecule has 2 aromatic rings.